The number of thiazole rings is 1. The van der Waals surface area contributed by atoms with Crippen molar-refractivity contribution in [3.8, 4) is 0 Å². The predicted molar refractivity (Wildman–Crippen MR) is 152 cm³/mol. The van der Waals surface area contributed by atoms with Crippen LogP contribution in [0.15, 0.2) is 60.0 Å². The van der Waals surface area contributed by atoms with Crippen molar-refractivity contribution in [2.24, 2.45) is 0 Å². The molecule has 1 unspecified atom stereocenters. The van der Waals surface area contributed by atoms with Crippen LogP contribution in [0.2, 0.25) is 0 Å². The first-order valence-electron chi connectivity index (χ1n) is 13.5. The van der Waals surface area contributed by atoms with Gasteiger partial charge in [-0.25, -0.2) is 4.98 Å². The number of anilines is 2. The van der Waals surface area contributed by atoms with E-state index in [2.05, 4.69) is 17.1 Å². The third-order valence-electron chi connectivity index (χ3n) is 6.86. The van der Waals surface area contributed by atoms with Crippen molar-refractivity contribution in [3.05, 3.63) is 76.2 Å². The van der Waals surface area contributed by atoms with Crippen LogP contribution in [-0.2, 0) is 16.0 Å². The number of hydrogen-bond acceptors (Lipinski definition) is 7. The van der Waals surface area contributed by atoms with Crippen molar-refractivity contribution < 1.29 is 19.4 Å². The number of ketones is 1. The molecular formula is C30H37N3O4S. The Morgan fingerprint density at radius 3 is 2.58 bits per heavy atom. The Hall–Kier alpha value is -3.07. The zero-order valence-electron chi connectivity index (χ0n) is 22.0. The van der Waals surface area contributed by atoms with Gasteiger partial charge in [0.05, 0.1) is 29.6 Å². The number of amides is 1. The number of para-hydroxylation sites is 2. The Balaban J connectivity index is 1.32. The fourth-order valence-electron chi connectivity index (χ4n) is 4.81. The third-order valence-corrected chi connectivity index (χ3v) is 7.87. The van der Waals surface area contributed by atoms with Gasteiger partial charge in [0.25, 0.3) is 5.91 Å². The highest BCUT2D eigenvalue weighted by atomic mass is 32.1. The van der Waals surface area contributed by atoms with Gasteiger partial charge in [-0.3, -0.25) is 9.59 Å². The summed E-state index contributed by atoms with van der Waals surface area (Å²) in [7, 11) is 0. The molecule has 2 heterocycles. The quantitative estimate of drug-likeness (QED) is 0.302. The molecular weight excluding hydrogens is 498 g/mol. The molecule has 1 aliphatic rings. The number of Topliss-reactive ketones (excluding diaryl/α,β-unsaturated/α-hetero) is 1. The van der Waals surface area contributed by atoms with Gasteiger partial charge >= 0.3 is 0 Å². The second kappa shape index (κ2) is 14.2. The number of aromatic nitrogens is 1. The zero-order chi connectivity index (χ0) is 26.7. The van der Waals surface area contributed by atoms with Gasteiger partial charge < -0.3 is 20.1 Å². The molecule has 2 atom stereocenters. The topological polar surface area (TPSA) is 91.8 Å². The van der Waals surface area contributed by atoms with Crippen LogP contribution in [0.4, 0.5) is 11.4 Å². The molecule has 0 spiro atoms. The van der Waals surface area contributed by atoms with Crippen LogP contribution in [0.3, 0.4) is 0 Å². The first kappa shape index (κ1) is 28.0. The number of aliphatic hydroxyl groups excluding tert-OH is 1. The van der Waals surface area contributed by atoms with Crippen molar-refractivity contribution in [1.29, 1.82) is 0 Å². The molecule has 1 fully saturated rings. The van der Waals surface area contributed by atoms with Crippen molar-refractivity contribution in [2.75, 3.05) is 36.5 Å². The van der Waals surface area contributed by atoms with Crippen LogP contribution in [-0.4, -0.2) is 54.2 Å². The first-order chi connectivity index (χ1) is 18.5. The molecule has 2 N–H and O–H groups in total. The summed E-state index contributed by atoms with van der Waals surface area (Å²) >= 11 is 1.50. The van der Waals surface area contributed by atoms with Gasteiger partial charge in [0.1, 0.15) is 11.8 Å². The van der Waals surface area contributed by atoms with Crippen LogP contribution in [0.5, 0.6) is 0 Å². The van der Waals surface area contributed by atoms with Crippen molar-refractivity contribution in [2.45, 2.75) is 57.5 Å². The predicted octanol–water partition coefficient (Wildman–Crippen LogP) is 5.46. The number of hydrogen-bond donors (Lipinski definition) is 2. The van der Waals surface area contributed by atoms with Crippen molar-refractivity contribution in [1.82, 2.24) is 4.98 Å². The van der Waals surface area contributed by atoms with E-state index in [9.17, 15) is 14.7 Å². The SMILES string of the molecule is CCCC(CCCC(=O)[C@H](O)Cc1ccccc1)c1nc(C(=O)Nc2ccccc2N2CCOCC2)cs1. The minimum absolute atomic E-state index is 0.123. The number of nitrogens with one attached hydrogen (secondary N) is 1. The molecule has 1 saturated heterocycles. The highest BCUT2D eigenvalue weighted by molar-refractivity contribution is 7.10. The molecule has 8 heteroatoms. The van der Waals surface area contributed by atoms with E-state index in [0.29, 0.717) is 38.2 Å². The molecule has 1 amide bonds. The zero-order valence-corrected chi connectivity index (χ0v) is 22.8. The third kappa shape index (κ3) is 7.72. The van der Waals surface area contributed by atoms with E-state index in [1.165, 1.54) is 11.3 Å². The Kier molecular flexibility index (Phi) is 10.4. The molecule has 3 aromatic rings. The maximum Gasteiger partial charge on any atom is 0.275 e. The van der Waals surface area contributed by atoms with Crippen LogP contribution in [0.25, 0.3) is 0 Å². The Morgan fingerprint density at radius 1 is 1.08 bits per heavy atom. The van der Waals surface area contributed by atoms with Gasteiger partial charge in [-0.1, -0.05) is 55.8 Å². The molecule has 0 saturated carbocycles. The Morgan fingerprint density at radius 2 is 1.82 bits per heavy atom. The van der Waals surface area contributed by atoms with E-state index >= 15 is 0 Å². The van der Waals surface area contributed by atoms with E-state index in [-0.39, 0.29) is 17.6 Å². The summed E-state index contributed by atoms with van der Waals surface area (Å²) in [6.45, 7) is 5.06. The van der Waals surface area contributed by atoms with E-state index < -0.39 is 6.10 Å². The average molecular weight is 536 g/mol. The first-order valence-corrected chi connectivity index (χ1v) is 14.4. The summed E-state index contributed by atoms with van der Waals surface area (Å²) in [6, 6.07) is 17.4. The van der Waals surface area contributed by atoms with E-state index in [4.69, 9.17) is 9.72 Å². The largest absolute Gasteiger partial charge is 0.385 e. The van der Waals surface area contributed by atoms with Gasteiger partial charge in [0.15, 0.2) is 5.78 Å². The van der Waals surface area contributed by atoms with E-state index in [1.807, 2.05) is 60.0 Å². The number of ether oxygens (including phenoxy) is 1. The number of carbonyl (C=O) groups is 2. The molecule has 4 rings (SSSR count). The average Bonchev–Trinajstić information content (AvgIpc) is 3.44. The van der Waals surface area contributed by atoms with Gasteiger partial charge in [0, 0.05) is 37.2 Å². The second-order valence-corrected chi connectivity index (χ2v) is 10.6. The molecule has 38 heavy (non-hydrogen) atoms. The summed E-state index contributed by atoms with van der Waals surface area (Å²) in [5, 5.41) is 16.1. The highest BCUT2D eigenvalue weighted by Crippen LogP contribution is 2.31. The summed E-state index contributed by atoms with van der Waals surface area (Å²) in [5.41, 5.74) is 3.13. The maximum absolute atomic E-state index is 13.1. The summed E-state index contributed by atoms with van der Waals surface area (Å²) in [6.07, 6.45) is 3.12. The number of aliphatic hydroxyl groups is 1. The minimum Gasteiger partial charge on any atom is -0.385 e. The molecule has 0 aliphatic carbocycles. The van der Waals surface area contributed by atoms with Crippen LogP contribution < -0.4 is 10.2 Å². The lowest BCUT2D eigenvalue weighted by molar-refractivity contribution is -0.127. The van der Waals surface area contributed by atoms with Crippen molar-refractivity contribution >= 4 is 34.4 Å². The highest BCUT2D eigenvalue weighted by Gasteiger charge is 2.21. The molecule has 0 bridgehead atoms. The lowest BCUT2D eigenvalue weighted by Gasteiger charge is -2.30. The molecule has 2 aromatic carbocycles. The van der Waals surface area contributed by atoms with Crippen LogP contribution >= 0.6 is 11.3 Å². The molecule has 202 valence electrons. The minimum atomic E-state index is -0.975. The fourth-order valence-corrected chi connectivity index (χ4v) is 5.78. The standard InChI is InChI=1S/C30H37N3O4S/c1-2-9-23(12-8-15-27(34)28(35)20-22-10-4-3-5-11-22)30-32-25(21-38-30)29(36)31-24-13-6-7-14-26(24)33-16-18-37-19-17-33/h3-7,10-11,13-14,21,23,28,35H,2,8-9,12,15-20H2,1H3,(H,31,36)/t23?,28-/m1/s1. The monoisotopic (exact) mass is 535 g/mol. The lowest BCUT2D eigenvalue weighted by Crippen LogP contribution is -2.36. The number of morpholine rings is 1. The lowest BCUT2D eigenvalue weighted by atomic mass is 9.95. The van der Waals surface area contributed by atoms with Crippen molar-refractivity contribution in [3.63, 3.8) is 0 Å². The Labute approximate surface area is 228 Å². The molecule has 0 radical (unpaired) electrons. The molecule has 7 nitrogen and oxygen atoms in total. The van der Waals surface area contributed by atoms with Crippen LogP contribution in [0.1, 0.15) is 66.0 Å². The normalized spacial score (nSPS) is 15.2. The number of nitrogens with zero attached hydrogens (tertiary/aromatic N) is 2. The number of carbonyl (C=O) groups excluding carboxylic acids is 2. The summed E-state index contributed by atoms with van der Waals surface area (Å²) in [5.74, 6) is -0.156. The number of rotatable bonds is 13. The van der Waals surface area contributed by atoms with Gasteiger partial charge in [0.2, 0.25) is 0 Å². The van der Waals surface area contributed by atoms with E-state index in [1.54, 1.807) is 0 Å². The van der Waals surface area contributed by atoms with Crippen LogP contribution in [0, 0.1) is 0 Å². The molecule has 1 aromatic heterocycles. The Bertz CT molecular complexity index is 1180. The van der Waals surface area contributed by atoms with Gasteiger partial charge in [-0.2, -0.15) is 0 Å². The summed E-state index contributed by atoms with van der Waals surface area (Å²) < 4.78 is 5.46. The smallest absolute Gasteiger partial charge is 0.275 e. The summed E-state index contributed by atoms with van der Waals surface area (Å²) in [4.78, 5) is 32.5. The van der Waals surface area contributed by atoms with Gasteiger partial charge in [-0.15, -0.1) is 11.3 Å². The number of benzene rings is 2. The molecule has 1 aliphatic heterocycles. The fraction of sp³-hybridized carbons (Fsp3) is 0.433. The maximum atomic E-state index is 13.1. The van der Waals surface area contributed by atoms with E-state index in [0.717, 1.165) is 54.3 Å². The van der Waals surface area contributed by atoms with Gasteiger partial charge in [-0.05, 0) is 37.0 Å². The second-order valence-electron chi connectivity index (χ2n) is 9.69.